The molecule has 0 saturated heterocycles. The van der Waals surface area contributed by atoms with Crippen LogP contribution in [-0.4, -0.2) is 10.2 Å². The van der Waals surface area contributed by atoms with Crippen molar-refractivity contribution >= 4 is 10.9 Å². The second-order valence-corrected chi connectivity index (χ2v) is 3.64. The van der Waals surface area contributed by atoms with Crippen molar-refractivity contribution in [2.75, 3.05) is 0 Å². The Kier molecular flexibility index (Phi) is 1.97. The minimum atomic E-state index is 0.424. The van der Waals surface area contributed by atoms with Crippen molar-refractivity contribution in [1.82, 2.24) is 10.2 Å². The first-order valence-corrected chi connectivity index (χ1v) is 4.60. The van der Waals surface area contributed by atoms with E-state index in [9.17, 15) is 0 Å². The summed E-state index contributed by atoms with van der Waals surface area (Å²) in [7, 11) is 0. The van der Waals surface area contributed by atoms with Crippen molar-refractivity contribution in [3.05, 3.63) is 29.5 Å². The lowest BCUT2D eigenvalue weighted by atomic mass is 10.1. The maximum absolute atomic E-state index is 8.73. The molecule has 0 bridgehead atoms. The molecule has 3 heteroatoms. The van der Waals surface area contributed by atoms with Crippen molar-refractivity contribution in [2.45, 2.75) is 19.8 Å². The topological polar surface area (TPSA) is 52.5 Å². The highest BCUT2D eigenvalue weighted by atomic mass is 15.1. The normalized spacial score (nSPS) is 10.7. The zero-order chi connectivity index (χ0) is 10.1. The Balaban J connectivity index is 2.67. The number of H-pyrrole nitrogens is 1. The van der Waals surface area contributed by atoms with Crippen LogP contribution in [-0.2, 0) is 0 Å². The summed E-state index contributed by atoms with van der Waals surface area (Å²) in [4.78, 5) is 0. The molecule has 1 aromatic heterocycles. The van der Waals surface area contributed by atoms with E-state index in [1.54, 1.807) is 6.07 Å². The number of nitrogens with zero attached hydrogens (tertiary/aromatic N) is 2. The number of rotatable bonds is 1. The lowest BCUT2D eigenvalue weighted by molar-refractivity contribution is 0.818. The average Bonchev–Trinajstić information content (AvgIpc) is 2.59. The minimum Gasteiger partial charge on any atom is -0.281 e. The number of nitrogens with one attached hydrogen (secondary N) is 1. The maximum atomic E-state index is 8.73. The van der Waals surface area contributed by atoms with Gasteiger partial charge >= 0.3 is 0 Å². The van der Waals surface area contributed by atoms with Gasteiger partial charge in [0.15, 0.2) is 0 Å². The molecule has 2 rings (SSSR count). The van der Waals surface area contributed by atoms with Gasteiger partial charge in [-0.25, -0.2) is 0 Å². The number of fused-ring (bicyclic) bond motifs is 1. The summed E-state index contributed by atoms with van der Waals surface area (Å²) in [5.74, 6) is 0.424. The highest BCUT2D eigenvalue weighted by molar-refractivity contribution is 5.83. The molecule has 0 aliphatic carbocycles. The van der Waals surface area contributed by atoms with Gasteiger partial charge < -0.3 is 0 Å². The Morgan fingerprint density at radius 2 is 2.21 bits per heavy atom. The minimum absolute atomic E-state index is 0.424. The fourth-order valence-corrected chi connectivity index (χ4v) is 1.54. The summed E-state index contributed by atoms with van der Waals surface area (Å²) in [6.45, 7) is 4.23. The fraction of sp³-hybridized carbons (Fsp3) is 0.273. The van der Waals surface area contributed by atoms with Crippen LogP contribution in [0.15, 0.2) is 18.2 Å². The van der Waals surface area contributed by atoms with E-state index >= 15 is 0 Å². The molecule has 2 aromatic rings. The molecular weight excluding hydrogens is 174 g/mol. The molecule has 0 spiro atoms. The molecule has 0 unspecified atom stereocenters. The summed E-state index contributed by atoms with van der Waals surface area (Å²) in [5.41, 5.74) is 2.65. The van der Waals surface area contributed by atoms with E-state index in [1.807, 2.05) is 12.1 Å². The maximum Gasteiger partial charge on any atom is 0.0992 e. The number of nitriles is 1. The molecule has 0 radical (unpaired) electrons. The number of aromatic nitrogens is 2. The molecule has 70 valence electrons. The predicted molar refractivity (Wildman–Crippen MR) is 54.9 cm³/mol. The van der Waals surface area contributed by atoms with E-state index in [0.29, 0.717) is 11.5 Å². The molecular formula is C11H11N3. The van der Waals surface area contributed by atoms with Crippen LogP contribution < -0.4 is 0 Å². The largest absolute Gasteiger partial charge is 0.281 e. The van der Waals surface area contributed by atoms with Crippen molar-refractivity contribution in [1.29, 1.82) is 5.26 Å². The van der Waals surface area contributed by atoms with Crippen LogP contribution in [0, 0.1) is 11.3 Å². The highest BCUT2D eigenvalue weighted by Crippen LogP contribution is 2.23. The Bertz CT molecular complexity index is 503. The van der Waals surface area contributed by atoms with Crippen LogP contribution in [0.5, 0.6) is 0 Å². The summed E-state index contributed by atoms with van der Waals surface area (Å²) in [6.07, 6.45) is 0. The Labute approximate surface area is 82.4 Å². The Hall–Kier alpha value is -1.82. The Morgan fingerprint density at radius 1 is 1.43 bits per heavy atom. The van der Waals surface area contributed by atoms with E-state index in [0.717, 1.165) is 16.6 Å². The summed E-state index contributed by atoms with van der Waals surface area (Å²) in [6, 6.07) is 7.68. The molecule has 1 N–H and O–H groups in total. The highest BCUT2D eigenvalue weighted by Gasteiger charge is 2.08. The lowest BCUT2D eigenvalue weighted by Crippen LogP contribution is -1.87. The van der Waals surface area contributed by atoms with Crippen LogP contribution in [0.1, 0.15) is 31.0 Å². The van der Waals surface area contributed by atoms with Gasteiger partial charge in [0.25, 0.3) is 0 Å². The summed E-state index contributed by atoms with van der Waals surface area (Å²) < 4.78 is 0. The third-order valence-corrected chi connectivity index (χ3v) is 2.29. The summed E-state index contributed by atoms with van der Waals surface area (Å²) in [5, 5.41) is 17.0. The third-order valence-electron chi connectivity index (χ3n) is 2.29. The van der Waals surface area contributed by atoms with Gasteiger partial charge in [0.1, 0.15) is 0 Å². The van der Waals surface area contributed by atoms with E-state index in [-0.39, 0.29) is 0 Å². The van der Waals surface area contributed by atoms with Gasteiger partial charge in [-0.1, -0.05) is 13.8 Å². The molecule has 3 nitrogen and oxygen atoms in total. The molecule has 0 fully saturated rings. The first kappa shape index (κ1) is 8.76. The molecule has 1 heterocycles. The zero-order valence-electron chi connectivity index (χ0n) is 8.20. The number of aromatic amines is 1. The monoisotopic (exact) mass is 185 g/mol. The molecule has 0 aliphatic rings. The van der Waals surface area contributed by atoms with Crippen molar-refractivity contribution in [3.8, 4) is 6.07 Å². The smallest absolute Gasteiger partial charge is 0.0992 e. The van der Waals surface area contributed by atoms with E-state index in [2.05, 4.69) is 30.1 Å². The van der Waals surface area contributed by atoms with Gasteiger partial charge in [0.05, 0.1) is 17.1 Å². The molecule has 0 aliphatic heterocycles. The van der Waals surface area contributed by atoms with Crippen molar-refractivity contribution < 1.29 is 0 Å². The fourth-order valence-electron chi connectivity index (χ4n) is 1.54. The van der Waals surface area contributed by atoms with E-state index < -0.39 is 0 Å². The van der Waals surface area contributed by atoms with Gasteiger partial charge in [-0.3, -0.25) is 5.10 Å². The number of benzene rings is 1. The second-order valence-electron chi connectivity index (χ2n) is 3.64. The van der Waals surface area contributed by atoms with E-state index in [4.69, 9.17) is 5.26 Å². The quantitative estimate of drug-likeness (QED) is 0.742. The Morgan fingerprint density at radius 3 is 2.86 bits per heavy atom. The van der Waals surface area contributed by atoms with Gasteiger partial charge in [-0.15, -0.1) is 0 Å². The zero-order valence-corrected chi connectivity index (χ0v) is 8.20. The average molecular weight is 185 g/mol. The molecule has 0 saturated carbocycles. The molecule has 0 atom stereocenters. The van der Waals surface area contributed by atoms with Crippen molar-refractivity contribution in [3.63, 3.8) is 0 Å². The number of hydrogen-bond acceptors (Lipinski definition) is 2. The van der Waals surface area contributed by atoms with Crippen LogP contribution in [0.3, 0.4) is 0 Å². The van der Waals surface area contributed by atoms with Crippen molar-refractivity contribution in [2.24, 2.45) is 0 Å². The summed E-state index contributed by atoms with van der Waals surface area (Å²) >= 11 is 0. The SMILES string of the molecule is CC(C)c1[nH]nc2cc(C#N)ccc12. The second kappa shape index (κ2) is 3.15. The van der Waals surface area contributed by atoms with Crippen LogP contribution in [0.2, 0.25) is 0 Å². The first-order valence-electron chi connectivity index (χ1n) is 4.60. The van der Waals surface area contributed by atoms with Gasteiger partial charge in [0, 0.05) is 11.1 Å². The lowest BCUT2D eigenvalue weighted by Gasteiger charge is -2.00. The van der Waals surface area contributed by atoms with Gasteiger partial charge in [-0.2, -0.15) is 10.4 Å². The predicted octanol–water partition coefficient (Wildman–Crippen LogP) is 2.56. The molecule has 0 amide bonds. The van der Waals surface area contributed by atoms with Crippen LogP contribution in [0.25, 0.3) is 10.9 Å². The first-order chi connectivity index (χ1) is 6.72. The van der Waals surface area contributed by atoms with Crippen LogP contribution >= 0.6 is 0 Å². The van der Waals surface area contributed by atoms with Gasteiger partial charge in [-0.05, 0) is 24.1 Å². The van der Waals surface area contributed by atoms with Crippen LogP contribution in [0.4, 0.5) is 0 Å². The third kappa shape index (κ3) is 1.25. The molecule has 14 heavy (non-hydrogen) atoms. The van der Waals surface area contributed by atoms with Gasteiger partial charge in [0.2, 0.25) is 0 Å². The standard InChI is InChI=1S/C11H11N3/c1-7(2)11-9-4-3-8(6-12)5-10(9)13-14-11/h3-5,7H,1-2H3,(H,13,14). The molecule has 1 aromatic carbocycles. The van der Waals surface area contributed by atoms with E-state index in [1.165, 1.54) is 0 Å². The number of hydrogen-bond donors (Lipinski definition) is 1.